The van der Waals surface area contributed by atoms with Gasteiger partial charge in [0.15, 0.2) is 5.78 Å². The number of pyridine rings is 1. The number of ketones is 1. The summed E-state index contributed by atoms with van der Waals surface area (Å²) in [6.07, 6.45) is 5.96. The van der Waals surface area contributed by atoms with E-state index in [1.165, 1.54) is 0 Å². The van der Waals surface area contributed by atoms with Gasteiger partial charge in [-0.25, -0.2) is 0 Å². The van der Waals surface area contributed by atoms with Crippen LogP contribution in [0, 0.1) is 5.41 Å². The van der Waals surface area contributed by atoms with E-state index in [0.717, 1.165) is 19.3 Å². The predicted molar refractivity (Wildman–Crippen MR) is 65.1 cm³/mol. The number of rotatable bonds is 3. The third-order valence-corrected chi connectivity index (χ3v) is 3.76. The maximum Gasteiger partial charge on any atom is 0.171 e. The molecule has 1 aromatic heterocycles. The average molecular weight is 234 g/mol. The number of Topliss-reactive ketones (excluding diaryl/α,β-unsaturated/α-hetero) is 1. The van der Waals surface area contributed by atoms with Gasteiger partial charge in [-0.05, 0) is 18.9 Å². The van der Waals surface area contributed by atoms with Crippen LogP contribution in [0.3, 0.4) is 0 Å². The summed E-state index contributed by atoms with van der Waals surface area (Å²) in [5.74, 6) is 0.680. The lowest BCUT2D eigenvalue weighted by molar-refractivity contribution is 0.0802. The molecular weight excluding hydrogens is 216 g/mol. The van der Waals surface area contributed by atoms with E-state index < -0.39 is 5.41 Å². The third-order valence-electron chi connectivity index (χ3n) is 3.76. The van der Waals surface area contributed by atoms with Gasteiger partial charge in [0.1, 0.15) is 5.75 Å². The first kappa shape index (κ1) is 12.0. The maximum absolute atomic E-state index is 12.5. The van der Waals surface area contributed by atoms with Crippen molar-refractivity contribution in [2.75, 3.05) is 7.11 Å². The van der Waals surface area contributed by atoms with Gasteiger partial charge in [-0.2, -0.15) is 0 Å². The summed E-state index contributed by atoms with van der Waals surface area (Å²) in [5, 5.41) is 0. The van der Waals surface area contributed by atoms with Crippen molar-refractivity contribution in [3.05, 3.63) is 24.0 Å². The Balaban J connectivity index is 2.30. The molecule has 0 bridgehead atoms. The maximum atomic E-state index is 12.5. The van der Waals surface area contributed by atoms with Crippen LogP contribution in [0.1, 0.15) is 36.5 Å². The van der Waals surface area contributed by atoms with E-state index in [4.69, 9.17) is 10.5 Å². The highest BCUT2D eigenvalue weighted by Gasteiger charge is 2.43. The number of nitrogens with zero attached hydrogens (tertiary/aromatic N) is 1. The van der Waals surface area contributed by atoms with Gasteiger partial charge in [0, 0.05) is 23.2 Å². The summed E-state index contributed by atoms with van der Waals surface area (Å²) in [7, 11) is 1.56. The summed E-state index contributed by atoms with van der Waals surface area (Å²) in [4.78, 5) is 16.5. The van der Waals surface area contributed by atoms with Gasteiger partial charge in [-0.15, -0.1) is 0 Å². The molecule has 92 valence electrons. The van der Waals surface area contributed by atoms with Crippen LogP contribution in [0.4, 0.5) is 0 Å². The van der Waals surface area contributed by atoms with Crippen molar-refractivity contribution in [2.24, 2.45) is 11.1 Å². The van der Waals surface area contributed by atoms with E-state index in [-0.39, 0.29) is 11.8 Å². The van der Waals surface area contributed by atoms with E-state index in [1.54, 1.807) is 25.6 Å². The average Bonchev–Trinajstić information content (AvgIpc) is 2.70. The van der Waals surface area contributed by atoms with Crippen molar-refractivity contribution in [1.82, 2.24) is 4.98 Å². The Hall–Kier alpha value is -1.42. The molecule has 0 spiro atoms. The van der Waals surface area contributed by atoms with Crippen LogP contribution in [0.25, 0.3) is 0 Å². The summed E-state index contributed by atoms with van der Waals surface area (Å²) < 4.78 is 5.08. The lowest BCUT2D eigenvalue weighted by Gasteiger charge is -2.27. The molecule has 0 amide bonds. The highest BCUT2D eigenvalue weighted by molar-refractivity contribution is 6.01. The fourth-order valence-electron chi connectivity index (χ4n) is 2.46. The van der Waals surface area contributed by atoms with Crippen molar-refractivity contribution in [1.29, 1.82) is 0 Å². The number of hydrogen-bond donors (Lipinski definition) is 1. The van der Waals surface area contributed by atoms with E-state index in [1.807, 2.05) is 6.92 Å². The second-order valence-corrected chi connectivity index (χ2v) is 4.86. The van der Waals surface area contributed by atoms with Crippen LogP contribution in [0.5, 0.6) is 5.75 Å². The first-order chi connectivity index (χ1) is 8.08. The molecular formula is C13H18N2O2. The molecule has 17 heavy (non-hydrogen) atoms. The molecule has 1 heterocycles. The number of nitrogens with two attached hydrogens (primary N) is 1. The molecule has 2 rings (SSSR count). The van der Waals surface area contributed by atoms with Gasteiger partial charge >= 0.3 is 0 Å². The van der Waals surface area contributed by atoms with Crippen molar-refractivity contribution >= 4 is 5.78 Å². The van der Waals surface area contributed by atoms with E-state index in [9.17, 15) is 4.79 Å². The number of carbonyl (C=O) groups excluding carboxylic acids is 1. The first-order valence-electron chi connectivity index (χ1n) is 5.87. The minimum atomic E-state index is -0.450. The molecule has 1 aromatic rings. The Bertz CT molecular complexity index is 433. The van der Waals surface area contributed by atoms with Crippen LogP contribution < -0.4 is 10.5 Å². The Morgan fingerprint density at radius 1 is 1.59 bits per heavy atom. The molecule has 0 saturated heterocycles. The van der Waals surface area contributed by atoms with Crippen LogP contribution in [0.15, 0.2) is 18.5 Å². The second kappa shape index (κ2) is 4.45. The molecule has 2 N–H and O–H groups in total. The summed E-state index contributed by atoms with van der Waals surface area (Å²) in [6.45, 7) is 1.95. The summed E-state index contributed by atoms with van der Waals surface area (Å²) >= 11 is 0. The normalized spacial score (nSPS) is 28.1. The zero-order chi connectivity index (χ0) is 12.5. The van der Waals surface area contributed by atoms with Crippen LogP contribution in [-0.4, -0.2) is 23.9 Å². The van der Waals surface area contributed by atoms with Gasteiger partial charge in [0.2, 0.25) is 0 Å². The monoisotopic (exact) mass is 234 g/mol. The lowest BCUT2D eigenvalue weighted by atomic mass is 9.78. The fraction of sp³-hybridized carbons (Fsp3) is 0.538. The molecule has 2 unspecified atom stereocenters. The van der Waals surface area contributed by atoms with Gasteiger partial charge < -0.3 is 10.5 Å². The van der Waals surface area contributed by atoms with Crippen molar-refractivity contribution in [3.8, 4) is 5.75 Å². The lowest BCUT2D eigenvalue weighted by Crippen LogP contribution is -2.41. The van der Waals surface area contributed by atoms with Gasteiger partial charge in [0.05, 0.1) is 13.3 Å². The fourth-order valence-corrected chi connectivity index (χ4v) is 2.46. The molecule has 0 aromatic carbocycles. The Labute approximate surface area is 101 Å². The molecule has 1 saturated carbocycles. The van der Waals surface area contributed by atoms with Gasteiger partial charge in [-0.3, -0.25) is 9.78 Å². The summed E-state index contributed by atoms with van der Waals surface area (Å²) in [5.41, 5.74) is 6.19. The third kappa shape index (κ3) is 2.05. The SMILES string of the molecule is COc1cncc(C(=O)C2(C)CCCC2N)c1. The number of carbonyl (C=O) groups is 1. The molecule has 1 aliphatic carbocycles. The number of ether oxygens (including phenoxy) is 1. The van der Waals surface area contributed by atoms with Crippen LogP contribution in [-0.2, 0) is 0 Å². The largest absolute Gasteiger partial charge is 0.495 e. The minimum absolute atomic E-state index is 0.0544. The zero-order valence-corrected chi connectivity index (χ0v) is 10.3. The first-order valence-corrected chi connectivity index (χ1v) is 5.87. The Morgan fingerprint density at radius 3 is 2.94 bits per heavy atom. The highest BCUT2D eigenvalue weighted by atomic mass is 16.5. The molecule has 0 radical (unpaired) electrons. The Kier molecular flexibility index (Phi) is 3.15. The van der Waals surface area contributed by atoms with Gasteiger partial charge in [-0.1, -0.05) is 13.3 Å². The quantitative estimate of drug-likeness (QED) is 0.810. The van der Waals surface area contributed by atoms with E-state index in [0.29, 0.717) is 11.3 Å². The molecule has 2 atom stereocenters. The van der Waals surface area contributed by atoms with Crippen molar-refractivity contribution in [3.63, 3.8) is 0 Å². The second-order valence-electron chi connectivity index (χ2n) is 4.86. The number of hydrogen-bond acceptors (Lipinski definition) is 4. The Morgan fingerprint density at radius 2 is 2.35 bits per heavy atom. The van der Waals surface area contributed by atoms with Gasteiger partial charge in [0.25, 0.3) is 0 Å². The van der Waals surface area contributed by atoms with Crippen molar-refractivity contribution < 1.29 is 9.53 Å². The topological polar surface area (TPSA) is 65.2 Å². The molecule has 1 fully saturated rings. The smallest absolute Gasteiger partial charge is 0.171 e. The molecule has 1 aliphatic rings. The number of methoxy groups -OCH3 is 1. The zero-order valence-electron chi connectivity index (χ0n) is 10.3. The molecule has 4 heteroatoms. The molecule has 0 aliphatic heterocycles. The predicted octanol–water partition coefficient (Wildman–Crippen LogP) is 1.79. The van der Waals surface area contributed by atoms with Crippen LogP contribution in [0.2, 0.25) is 0 Å². The standard InChI is InChI=1S/C13H18N2O2/c1-13(5-3-4-11(13)14)12(16)9-6-10(17-2)8-15-7-9/h6-8,11H,3-5,14H2,1-2H3. The van der Waals surface area contributed by atoms with E-state index >= 15 is 0 Å². The summed E-state index contributed by atoms with van der Waals surface area (Å²) in [6, 6.07) is 1.67. The van der Waals surface area contributed by atoms with Crippen molar-refractivity contribution in [2.45, 2.75) is 32.2 Å². The van der Waals surface area contributed by atoms with Crippen LogP contribution >= 0.6 is 0 Å². The highest BCUT2D eigenvalue weighted by Crippen LogP contribution is 2.39. The van der Waals surface area contributed by atoms with E-state index in [2.05, 4.69) is 4.98 Å². The molecule has 4 nitrogen and oxygen atoms in total. The number of aromatic nitrogens is 1. The minimum Gasteiger partial charge on any atom is -0.495 e.